The van der Waals surface area contributed by atoms with Gasteiger partial charge in [0.15, 0.2) is 0 Å². The number of aryl methyl sites for hydroxylation is 1. The number of carbonyl (C=O) groups excluding carboxylic acids is 1. The number of amides is 1. The summed E-state index contributed by atoms with van der Waals surface area (Å²) in [6, 6.07) is 10.2. The molecule has 0 aliphatic rings. The van der Waals surface area contributed by atoms with E-state index in [0.717, 1.165) is 11.3 Å². The molecule has 0 saturated heterocycles. The normalized spacial score (nSPS) is 10.3. The van der Waals surface area contributed by atoms with Crippen molar-refractivity contribution in [1.29, 1.82) is 0 Å². The van der Waals surface area contributed by atoms with Crippen LogP contribution < -0.4 is 11.1 Å². The van der Waals surface area contributed by atoms with Crippen LogP contribution in [0.4, 0.5) is 10.1 Å². The van der Waals surface area contributed by atoms with Gasteiger partial charge in [-0.2, -0.15) is 0 Å². The highest BCUT2D eigenvalue weighted by Crippen LogP contribution is 2.19. The lowest BCUT2D eigenvalue weighted by atomic mass is 10.1. The van der Waals surface area contributed by atoms with Gasteiger partial charge in [-0.15, -0.1) is 0 Å². The van der Waals surface area contributed by atoms with Crippen molar-refractivity contribution in [3.05, 3.63) is 64.5 Å². The number of halogens is 1. The zero-order valence-electron chi connectivity index (χ0n) is 11.5. The third kappa shape index (κ3) is 2.96. The fourth-order valence-corrected chi connectivity index (χ4v) is 1.98. The van der Waals surface area contributed by atoms with Crippen LogP contribution in [0, 0.1) is 19.7 Å². The molecule has 0 spiro atoms. The zero-order chi connectivity index (χ0) is 14.7. The van der Waals surface area contributed by atoms with Gasteiger partial charge in [-0.1, -0.05) is 18.2 Å². The number of nitrogens with two attached hydrogens (primary N) is 1. The number of hydrogen-bond donors (Lipinski definition) is 2. The standard InChI is InChI=1S/C16H17FN2O/c1-10-4-3-5-15(11(10)2)19-9-13-7-6-12(16(18)20)8-14(13)17/h3-8,19H,9H2,1-2H3,(H2,18,20). The Bertz CT molecular complexity index is 653. The van der Waals surface area contributed by atoms with Crippen LogP contribution in [0.3, 0.4) is 0 Å². The highest BCUT2D eigenvalue weighted by Gasteiger charge is 2.07. The molecule has 2 aromatic rings. The first-order valence-corrected chi connectivity index (χ1v) is 6.37. The number of carbonyl (C=O) groups is 1. The molecule has 3 N–H and O–H groups in total. The lowest BCUT2D eigenvalue weighted by molar-refractivity contribution is 0.1000. The molecule has 0 saturated carbocycles. The summed E-state index contributed by atoms with van der Waals surface area (Å²) in [7, 11) is 0. The maximum absolute atomic E-state index is 13.8. The molecule has 0 aromatic heterocycles. The van der Waals surface area contributed by atoms with E-state index in [1.165, 1.54) is 17.7 Å². The Morgan fingerprint density at radius 2 is 2.00 bits per heavy atom. The van der Waals surface area contributed by atoms with Gasteiger partial charge >= 0.3 is 0 Å². The van der Waals surface area contributed by atoms with Gasteiger partial charge in [-0.3, -0.25) is 4.79 Å². The van der Waals surface area contributed by atoms with E-state index in [1.54, 1.807) is 6.07 Å². The molecule has 0 atom stereocenters. The van der Waals surface area contributed by atoms with Crippen LogP contribution in [-0.4, -0.2) is 5.91 Å². The third-order valence-corrected chi connectivity index (χ3v) is 3.41. The summed E-state index contributed by atoms with van der Waals surface area (Å²) < 4.78 is 13.8. The van der Waals surface area contributed by atoms with E-state index < -0.39 is 11.7 Å². The SMILES string of the molecule is Cc1cccc(NCc2ccc(C(N)=O)cc2F)c1C. The van der Waals surface area contributed by atoms with Crippen LogP contribution in [0.5, 0.6) is 0 Å². The maximum atomic E-state index is 13.8. The van der Waals surface area contributed by atoms with Crippen molar-refractivity contribution in [1.82, 2.24) is 0 Å². The fourth-order valence-electron chi connectivity index (χ4n) is 1.98. The van der Waals surface area contributed by atoms with Gasteiger partial charge < -0.3 is 11.1 Å². The molecule has 0 bridgehead atoms. The molecule has 0 aliphatic heterocycles. The summed E-state index contributed by atoms with van der Waals surface area (Å²) in [5, 5.41) is 3.20. The summed E-state index contributed by atoms with van der Waals surface area (Å²) in [4.78, 5) is 11.0. The lowest BCUT2D eigenvalue weighted by Gasteiger charge is -2.12. The number of rotatable bonds is 4. The number of hydrogen-bond acceptors (Lipinski definition) is 2. The zero-order valence-corrected chi connectivity index (χ0v) is 11.5. The average molecular weight is 272 g/mol. The molecule has 104 valence electrons. The number of benzene rings is 2. The van der Waals surface area contributed by atoms with E-state index in [2.05, 4.69) is 5.32 Å². The van der Waals surface area contributed by atoms with E-state index in [1.807, 2.05) is 32.0 Å². The fraction of sp³-hybridized carbons (Fsp3) is 0.188. The molecule has 0 aliphatic carbocycles. The monoisotopic (exact) mass is 272 g/mol. The molecular weight excluding hydrogens is 255 g/mol. The molecule has 0 unspecified atom stereocenters. The average Bonchev–Trinajstić information content (AvgIpc) is 2.41. The minimum Gasteiger partial charge on any atom is -0.381 e. The Kier molecular flexibility index (Phi) is 4.03. The molecule has 1 amide bonds. The van der Waals surface area contributed by atoms with Gasteiger partial charge in [0.2, 0.25) is 5.91 Å². The minimum atomic E-state index is -0.627. The van der Waals surface area contributed by atoms with Crippen molar-refractivity contribution >= 4 is 11.6 Å². The number of primary amides is 1. The molecule has 2 rings (SSSR count). The molecular formula is C16H17FN2O. The predicted octanol–water partition coefficient (Wildman–Crippen LogP) is 3.15. The molecule has 3 nitrogen and oxygen atoms in total. The van der Waals surface area contributed by atoms with Crippen molar-refractivity contribution in [3.8, 4) is 0 Å². The molecule has 4 heteroatoms. The summed E-state index contributed by atoms with van der Waals surface area (Å²) in [5.41, 5.74) is 9.08. The maximum Gasteiger partial charge on any atom is 0.248 e. The second-order valence-electron chi connectivity index (χ2n) is 4.77. The van der Waals surface area contributed by atoms with Gasteiger partial charge in [-0.05, 0) is 43.2 Å². The Balaban J connectivity index is 2.15. The summed E-state index contributed by atoms with van der Waals surface area (Å²) in [6.07, 6.45) is 0. The smallest absolute Gasteiger partial charge is 0.248 e. The quantitative estimate of drug-likeness (QED) is 0.898. The van der Waals surface area contributed by atoms with Crippen LogP contribution in [0.1, 0.15) is 27.0 Å². The van der Waals surface area contributed by atoms with Crippen molar-refractivity contribution < 1.29 is 9.18 Å². The van der Waals surface area contributed by atoms with Crippen LogP contribution in [-0.2, 0) is 6.54 Å². The van der Waals surface area contributed by atoms with E-state index in [-0.39, 0.29) is 5.56 Å². The number of nitrogens with one attached hydrogen (secondary N) is 1. The molecule has 0 radical (unpaired) electrons. The van der Waals surface area contributed by atoms with Gasteiger partial charge in [0.05, 0.1) is 0 Å². The highest BCUT2D eigenvalue weighted by molar-refractivity contribution is 5.92. The molecule has 0 fully saturated rings. The molecule has 2 aromatic carbocycles. The van der Waals surface area contributed by atoms with Crippen molar-refractivity contribution in [3.63, 3.8) is 0 Å². The highest BCUT2D eigenvalue weighted by atomic mass is 19.1. The van der Waals surface area contributed by atoms with Crippen molar-refractivity contribution in [2.75, 3.05) is 5.32 Å². The Labute approximate surface area is 117 Å². The Hall–Kier alpha value is -2.36. The molecule has 0 heterocycles. The first kappa shape index (κ1) is 14.1. The van der Waals surface area contributed by atoms with Gasteiger partial charge in [0.1, 0.15) is 5.82 Å². The topological polar surface area (TPSA) is 55.1 Å². The van der Waals surface area contributed by atoms with E-state index in [9.17, 15) is 9.18 Å². The second kappa shape index (κ2) is 5.74. The summed E-state index contributed by atoms with van der Waals surface area (Å²) in [5.74, 6) is -1.06. The van der Waals surface area contributed by atoms with Crippen LogP contribution in [0.25, 0.3) is 0 Å². The first-order chi connectivity index (χ1) is 9.49. The first-order valence-electron chi connectivity index (χ1n) is 6.37. The molecule has 20 heavy (non-hydrogen) atoms. The number of anilines is 1. The van der Waals surface area contributed by atoms with E-state index >= 15 is 0 Å². The van der Waals surface area contributed by atoms with Crippen LogP contribution in [0.2, 0.25) is 0 Å². The lowest BCUT2D eigenvalue weighted by Crippen LogP contribution is -2.12. The van der Waals surface area contributed by atoms with Gasteiger partial charge in [0.25, 0.3) is 0 Å². The van der Waals surface area contributed by atoms with Crippen molar-refractivity contribution in [2.24, 2.45) is 5.73 Å². The van der Waals surface area contributed by atoms with Crippen molar-refractivity contribution in [2.45, 2.75) is 20.4 Å². The Morgan fingerprint density at radius 1 is 1.25 bits per heavy atom. The van der Waals surface area contributed by atoms with E-state index in [0.29, 0.717) is 12.1 Å². The predicted molar refractivity (Wildman–Crippen MR) is 78.2 cm³/mol. The van der Waals surface area contributed by atoms with Gasteiger partial charge in [0, 0.05) is 23.4 Å². The second-order valence-corrected chi connectivity index (χ2v) is 4.77. The largest absolute Gasteiger partial charge is 0.381 e. The minimum absolute atomic E-state index is 0.179. The Morgan fingerprint density at radius 3 is 2.65 bits per heavy atom. The van der Waals surface area contributed by atoms with Gasteiger partial charge in [-0.25, -0.2) is 4.39 Å². The summed E-state index contributed by atoms with van der Waals surface area (Å²) >= 11 is 0. The summed E-state index contributed by atoms with van der Waals surface area (Å²) in [6.45, 7) is 4.40. The van der Waals surface area contributed by atoms with Crippen LogP contribution in [0.15, 0.2) is 36.4 Å². The van der Waals surface area contributed by atoms with E-state index in [4.69, 9.17) is 5.73 Å². The van der Waals surface area contributed by atoms with Crippen LogP contribution >= 0.6 is 0 Å². The third-order valence-electron chi connectivity index (χ3n) is 3.41.